The molecule has 3 N–H and O–H groups in total. The predicted octanol–water partition coefficient (Wildman–Crippen LogP) is 20.6. The molecule has 0 saturated heterocycles. The number of hydrogen-bond donors (Lipinski definition) is 3. The number of esters is 4. The lowest BCUT2D eigenvalue weighted by Gasteiger charge is -2.21. The van der Waals surface area contributed by atoms with Gasteiger partial charge in [-0.05, 0) is 43.4 Å². The number of rotatable bonds is 70. The summed E-state index contributed by atoms with van der Waals surface area (Å²) in [5, 5.41) is 10.6. The van der Waals surface area contributed by atoms with E-state index in [0.717, 1.165) is 108 Å². The van der Waals surface area contributed by atoms with Crippen LogP contribution in [0.25, 0.3) is 0 Å². The molecule has 0 aliphatic heterocycles. The summed E-state index contributed by atoms with van der Waals surface area (Å²) in [5.74, 6) is 0.128. The quantitative estimate of drug-likeness (QED) is 0.0222. The van der Waals surface area contributed by atoms with Crippen molar-refractivity contribution in [3.05, 3.63) is 0 Å². The lowest BCUT2D eigenvalue weighted by molar-refractivity contribution is -0.161. The lowest BCUT2D eigenvalue weighted by atomic mass is 10.0. The van der Waals surface area contributed by atoms with Crippen molar-refractivity contribution >= 4 is 39.5 Å². The first-order valence-electron chi connectivity index (χ1n) is 37.3. The molecule has 0 heterocycles. The Bertz CT molecular complexity index is 1780. The Morgan fingerprint density at radius 2 is 0.505 bits per heavy atom. The molecule has 540 valence electrons. The predicted molar refractivity (Wildman–Crippen MR) is 368 cm³/mol. The van der Waals surface area contributed by atoms with Crippen molar-refractivity contribution in [2.45, 2.75) is 381 Å². The topological polar surface area (TPSA) is 237 Å². The van der Waals surface area contributed by atoms with Crippen molar-refractivity contribution in [2.75, 3.05) is 39.6 Å². The van der Waals surface area contributed by atoms with Gasteiger partial charge in [-0.25, -0.2) is 9.13 Å². The molecular weight excluding hydrogens is 1200 g/mol. The van der Waals surface area contributed by atoms with Crippen LogP contribution in [0, 0.1) is 17.8 Å². The van der Waals surface area contributed by atoms with Crippen LogP contribution in [0.2, 0.25) is 0 Å². The van der Waals surface area contributed by atoms with Crippen LogP contribution in [-0.2, 0) is 65.4 Å². The Kier molecular flexibility index (Phi) is 61.5. The maximum absolute atomic E-state index is 13.0. The molecule has 0 radical (unpaired) electrons. The lowest BCUT2D eigenvalue weighted by Crippen LogP contribution is -2.30. The zero-order valence-electron chi connectivity index (χ0n) is 59.3. The van der Waals surface area contributed by atoms with Crippen molar-refractivity contribution in [2.24, 2.45) is 17.8 Å². The zero-order valence-corrected chi connectivity index (χ0v) is 61.1. The van der Waals surface area contributed by atoms with Crippen LogP contribution < -0.4 is 0 Å². The van der Waals surface area contributed by atoms with Gasteiger partial charge in [0, 0.05) is 25.7 Å². The van der Waals surface area contributed by atoms with Crippen LogP contribution in [0.15, 0.2) is 0 Å². The zero-order chi connectivity index (χ0) is 67.3. The average Bonchev–Trinajstić information content (AvgIpc) is 2.34. The Hall–Kier alpha value is -1.94. The maximum Gasteiger partial charge on any atom is 0.472 e. The second-order valence-electron chi connectivity index (χ2n) is 27.4. The number of ether oxygens (including phenoxy) is 4. The minimum absolute atomic E-state index is 0.106. The van der Waals surface area contributed by atoms with E-state index in [9.17, 15) is 43.2 Å². The number of phosphoric ester groups is 2. The molecule has 0 rings (SSSR count). The average molecular weight is 1340 g/mol. The molecule has 0 aromatic heterocycles. The summed E-state index contributed by atoms with van der Waals surface area (Å²) < 4.78 is 68.4. The van der Waals surface area contributed by atoms with Gasteiger partial charge < -0.3 is 33.8 Å². The second kappa shape index (κ2) is 62.8. The van der Waals surface area contributed by atoms with Crippen LogP contribution in [0.3, 0.4) is 0 Å². The minimum atomic E-state index is -4.95. The molecular formula is C72H140O17P2. The third-order valence-corrected chi connectivity index (χ3v) is 18.5. The number of hydrogen-bond acceptors (Lipinski definition) is 15. The molecule has 91 heavy (non-hydrogen) atoms. The number of unbranched alkanes of at least 4 members (excludes halogenated alkanes) is 38. The summed E-state index contributed by atoms with van der Waals surface area (Å²) >= 11 is 0. The van der Waals surface area contributed by atoms with Gasteiger partial charge in [0.25, 0.3) is 0 Å². The largest absolute Gasteiger partial charge is 0.472 e. The van der Waals surface area contributed by atoms with Gasteiger partial charge in [0.05, 0.1) is 26.4 Å². The number of phosphoric acid groups is 2. The highest BCUT2D eigenvalue weighted by Crippen LogP contribution is 2.45. The molecule has 0 amide bonds. The van der Waals surface area contributed by atoms with E-state index >= 15 is 0 Å². The van der Waals surface area contributed by atoms with E-state index in [1.807, 2.05) is 0 Å². The van der Waals surface area contributed by atoms with E-state index in [4.69, 9.17) is 37.0 Å². The molecule has 5 atom stereocenters. The molecule has 0 aromatic rings. The van der Waals surface area contributed by atoms with Crippen molar-refractivity contribution in [3.8, 4) is 0 Å². The van der Waals surface area contributed by atoms with Gasteiger partial charge >= 0.3 is 39.5 Å². The molecule has 0 spiro atoms. The Morgan fingerprint density at radius 3 is 0.747 bits per heavy atom. The first-order valence-corrected chi connectivity index (χ1v) is 40.3. The fourth-order valence-electron chi connectivity index (χ4n) is 10.9. The smallest absolute Gasteiger partial charge is 0.462 e. The van der Waals surface area contributed by atoms with Crippen molar-refractivity contribution in [1.82, 2.24) is 0 Å². The number of carbonyl (C=O) groups is 4. The van der Waals surface area contributed by atoms with Crippen LogP contribution in [0.5, 0.6) is 0 Å². The summed E-state index contributed by atoms with van der Waals surface area (Å²) in [6.45, 7) is 11.8. The van der Waals surface area contributed by atoms with Crippen molar-refractivity contribution in [1.29, 1.82) is 0 Å². The van der Waals surface area contributed by atoms with Gasteiger partial charge in [0.1, 0.15) is 19.3 Å². The molecule has 0 aliphatic carbocycles. The van der Waals surface area contributed by atoms with Crippen molar-refractivity contribution in [3.63, 3.8) is 0 Å². The van der Waals surface area contributed by atoms with E-state index in [0.29, 0.717) is 25.7 Å². The third kappa shape index (κ3) is 66.5. The SMILES string of the molecule is CCCCCCCCCCCCCCCC(=O)O[C@H](COC(=O)CCCCCCCCCCC(C)C)COP(=O)(O)OC[C@H](O)COP(=O)(O)OC[C@@H](COC(=O)CCCCCCCCCCCCC(C)C)OC(=O)CCCCCCCCCCCCCC(C)C. The van der Waals surface area contributed by atoms with E-state index in [-0.39, 0.29) is 25.7 Å². The van der Waals surface area contributed by atoms with Crippen molar-refractivity contribution < 1.29 is 80.2 Å². The summed E-state index contributed by atoms with van der Waals surface area (Å²) in [7, 11) is -9.91. The fraction of sp³-hybridized carbons (Fsp3) is 0.944. The normalized spacial score (nSPS) is 14.2. The van der Waals surface area contributed by atoms with Crippen LogP contribution in [0.1, 0.15) is 363 Å². The monoisotopic (exact) mass is 1340 g/mol. The van der Waals surface area contributed by atoms with Gasteiger partial charge in [-0.3, -0.25) is 37.3 Å². The Morgan fingerprint density at radius 1 is 0.297 bits per heavy atom. The second-order valence-corrected chi connectivity index (χ2v) is 30.3. The molecule has 0 saturated carbocycles. The first-order chi connectivity index (χ1) is 43.7. The van der Waals surface area contributed by atoms with Crippen LogP contribution in [-0.4, -0.2) is 96.7 Å². The number of aliphatic hydroxyl groups excluding tert-OH is 1. The van der Waals surface area contributed by atoms with Crippen LogP contribution in [0.4, 0.5) is 0 Å². The van der Waals surface area contributed by atoms with Gasteiger partial charge in [-0.15, -0.1) is 0 Å². The van der Waals surface area contributed by atoms with E-state index < -0.39 is 97.5 Å². The number of aliphatic hydroxyl groups is 1. The highest BCUT2D eigenvalue weighted by atomic mass is 31.2. The fourth-order valence-corrected chi connectivity index (χ4v) is 12.5. The van der Waals surface area contributed by atoms with Gasteiger partial charge in [-0.1, -0.05) is 312 Å². The highest BCUT2D eigenvalue weighted by molar-refractivity contribution is 7.47. The van der Waals surface area contributed by atoms with Gasteiger partial charge in [-0.2, -0.15) is 0 Å². The highest BCUT2D eigenvalue weighted by Gasteiger charge is 2.30. The molecule has 0 aliphatic rings. The standard InChI is InChI=1S/C72H140O17P2/c1-8-9-10-11-12-13-14-15-18-25-34-41-48-55-71(76)89-68(60-83-70(75)54-47-40-33-28-27-31-38-45-52-65(6)7)62-87-91(80,81)85-58-66(73)57-84-90(78,79)86-61-67(59-82-69(74)53-46-39-32-24-21-20-23-30-37-44-51-64(4)5)88-72(77)56-49-42-35-26-19-16-17-22-29-36-43-50-63(2)3/h63-68,73H,8-62H2,1-7H3,(H,78,79)(H,80,81)/t66-,67-,68-/m1/s1. The minimum Gasteiger partial charge on any atom is -0.462 e. The molecule has 0 aromatic carbocycles. The third-order valence-electron chi connectivity index (χ3n) is 16.6. The summed E-state index contributed by atoms with van der Waals surface area (Å²) in [4.78, 5) is 72.7. The van der Waals surface area contributed by atoms with Crippen LogP contribution >= 0.6 is 15.6 Å². The molecule has 0 fully saturated rings. The number of carbonyl (C=O) groups excluding carboxylic acids is 4. The molecule has 2 unspecified atom stereocenters. The van der Waals surface area contributed by atoms with E-state index in [2.05, 4.69) is 48.5 Å². The first kappa shape index (κ1) is 89.1. The Balaban J connectivity index is 5.27. The van der Waals surface area contributed by atoms with Gasteiger partial charge in [0.15, 0.2) is 12.2 Å². The summed E-state index contributed by atoms with van der Waals surface area (Å²) in [6, 6.07) is 0. The molecule has 17 nitrogen and oxygen atoms in total. The van der Waals surface area contributed by atoms with Gasteiger partial charge in [0.2, 0.25) is 0 Å². The maximum atomic E-state index is 13.0. The summed E-state index contributed by atoms with van der Waals surface area (Å²) in [5.41, 5.74) is 0. The Labute approximate surface area is 556 Å². The van der Waals surface area contributed by atoms with E-state index in [1.54, 1.807) is 0 Å². The summed E-state index contributed by atoms with van der Waals surface area (Å²) in [6.07, 6.45) is 47.1. The molecule has 19 heteroatoms. The van der Waals surface area contributed by atoms with E-state index in [1.165, 1.54) is 173 Å². The molecule has 0 bridgehead atoms.